The highest BCUT2D eigenvalue weighted by atomic mass is 32.2. The molecule has 0 aromatic heterocycles. The largest absolute Gasteiger partial charge is 0.477 e. The van der Waals surface area contributed by atoms with Crippen molar-refractivity contribution in [2.75, 3.05) is 12.9 Å². The molecule has 2 heterocycles. The number of hydrogen-bond donors (Lipinski definition) is 1. The zero-order valence-corrected chi connectivity index (χ0v) is 12.7. The van der Waals surface area contributed by atoms with Crippen LogP contribution in [-0.4, -0.2) is 46.8 Å². The molecule has 1 fully saturated rings. The predicted molar refractivity (Wildman–Crippen MR) is 77.3 cm³/mol. The van der Waals surface area contributed by atoms with Crippen molar-refractivity contribution >= 4 is 29.6 Å². The number of aliphatic carboxylic acids is 1. The second kappa shape index (κ2) is 6.34. The number of carboxylic acids is 1. The van der Waals surface area contributed by atoms with E-state index in [9.17, 15) is 19.5 Å². The van der Waals surface area contributed by atoms with Crippen LogP contribution in [0.5, 0.6) is 0 Å². The number of carboxylic acid groups (broad SMARTS) is 1. The van der Waals surface area contributed by atoms with Crippen LogP contribution in [0.4, 0.5) is 0 Å². The lowest BCUT2D eigenvalue weighted by molar-refractivity contribution is -0.154. The van der Waals surface area contributed by atoms with Crippen LogP contribution in [0.15, 0.2) is 22.8 Å². The Morgan fingerprint density at radius 2 is 2.24 bits per heavy atom. The molecule has 1 N–H and O–H groups in total. The first-order chi connectivity index (χ1) is 10.0. The Bertz CT molecular complexity index is 539. The number of carbonyl (C=O) groups excluding carboxylic acids is 2. The minimum Gasteiger partial charge on any atom is -0.477 e. The molecule has 2 rings (SSSR count). The van der Waals surface area contributed by atoms with Gasteiger partial charge in [-0.05, 0) is 12.2 Å². The van der Waals surface area contributed by atoms with E-state index in [0.29, 0.717) is 12.8 Å². The summed E-state index contributed by atoms with van der Waals surface area (Å²) in [5.41, 5.74) is 0.130. The quantitative estimate of drug-likeness (QED) is 0.453. The van der Waals surface area contributed by atoms with E-state index in [1.54, 1.807) is 6.08 Å². The highest BCUT2D eigenvalue weighted by Crippen LogP contribution is 2.46. The SMILES string of the molecule is CCSC1=C(C(=O)O)N2C(=O)C(C/C=C/C(=O)OC)C2C1. The summed E-state index contributed by atoms with van der Waals surface area (Å²) in [5, 5.41) is 9.28. The standard InChI is InChI=1S/C14H17NO5S/c1-3-21-10-7-9-8(5-4-6-11(16)20-2)13(17)15(9)12(10)14(18)19/h4,6,8-9H,3,5,7H2,1-2H3,(H,18,19)/b6-4+. The zero-order chi connectivity index (χ0) is 15.6. The Morgan fingerprint density at radius 3 is 2.81 bits per heavy atom. The topological polar surface area (TPSA) is 83.9 Å². The lowest BCUT2D eigenvalue weighted by Crippen LogP contribution is -2.58. The maximum atomic E-state index is 12.1. The van der Waals surface area contributed by atoms with Crippen LogP contribution in [-0.2, 0) is 19.1 Å². The fourth-order valence-electron chi connectivity index (χ4n) is 2.70. The maximum Gasteiger partial charge on any atom is 0.353 e. The van der Waals surface area contributed by atoms with Crippen LogP contribution >= 0.6 is 11.8 Å². The van der Waals surface area contributed by atoms with Gasteiger partial charge in [0.15, 0.2) is 0 Å². The molecular weight excluding hydrogens is 294 g/mol. The number of hydrogen-bond acceptors (Lipinski definition) is 5. The van der Waals surface area contributed by atoms with Gasteiger partial charge in [0.1, 0.15) is 5.70 Å². The molecule has 21 heavy (non-hydrogen) atoms. The second-order valence-electron chi connectivity index (χ2n) is 4.76. The molecule has 1 amide bonds. The molecule has 6 nitrogen and oxygen atoms in total. The molecule has 0 aromatic carbocycles. The van der Waals surface area contributed by atoms with Crippen LogP contribution in [0, 0.1) is 5.92 Å². The number of thioether (sulfide) groups is 1. The number of rotatable bonds is 6. The van der Waals surface area contributed by atoms with E-state index < -0.39 is 11.9 Å². The van der Waals surface area contributed by atoms with E-state index in [1.807, 2.05) is 6.92 Å². The van der Waals surface area contributed by atoms with Gasteiger partial charge in [-0.15, -0.1) is 11.8 Å². The summed E-state index contributed by atoms with van der Waals surface area (Å²) in [6, 6.07) is -0.0973. The highest BCUT2D eigenvalue weighted by molar-refractivity contribution is 8.03. The van der Waals surface area contributed by atoms with Crippen LogP contribution in [0.1, 0.15) is 19.8 Å². The molecule has 0 radical (unpaired) electrons. The Hall–Kier alpha value is -1.76. The summed E-state index contributed by atoms with van der Waals surface area (Å²) in [4.78, 5) is 36.6. The van der Waals surface area contributed by atoms with Crippen molar-refractivity contribution < 1.29 is 24.2 Å². The van der Waals surface area contributed by atoms with Crippen LogP contribution in [0.3, 0.4) is 0 Å². The summed E-state index contributed by atoms with van der Waals surface area (Å²) in [7, 11) is 1.29. The minimum absolute atomic E-state index is 0.0973. The summed E-state index contributed by atoms with van der Waals surface area (Å²) >= 11 is 1.47. The first kappa shape index (κ1) is 15.6. The van der Waals surface area contributed by atoms with Crippen molar-refractivity contribution in [2.45, 2.75) is 25.8 Å². The number of amides is 1. The molecule has 2 atom stereocenters. The molecule has 1 saturated heterocycles. The third-order valence-electron chi connectivity index (χ3n) is 3.62. The van der Waals surface area contributed by atoms with E-state index in [4.69, 9.17) is 0 Å². The molecule has 7 heteroatoms. The monoisotopic (exact) mass is 311 g/mol. The highest BCUT2D eigenvalue weighted by Gasteiger charge is 2.54. The molecule has 114 valence electrons. The van der Waals surface area contributed by atoms with Crippen LogP contribution in [0.2, 0.25) is 0 Å². The molecule has 2 aliphatic rings. The number of β-lactam (4-membered cyclic amide) rings is 1. The van der Waals surface area contributed by atoms with E-state index in [0.717, 1.165) is 10.7 Å². The van der Waals surface area contributed by atoms with Gasteiger partial charge in [-0.25, -0.2) is 9.59 Å². The minimum atomic E-state index is -1.05. The third kappa shape index (κ3) is 2.83. The van der Waals surface area contributed by atoms with E-state index in [1.165, 1.54) is 29.8 Å². The third-order valence-corrected chi connectivity index (χ3v) is 4.61. The van der Waals surface area contributed by atoms with Gasteiger partial charge in [0.25, 0.3) is 0 Å². The number of ether oxygens (including phenoxy) is 1. The summed E-state index contributed by atoms with van der Waals surface area (Å²) in [5.74, 6) is -1.18. The lowest BCUT2D eigenvalue weighted by Gasteiger charge is -2.42. The number of carbonyl (C=O) groups is 3. The van der Waals surface area contributed by atoms with Crippen molar-refractivity contribution in [1.82, 2.24) is 4.90 Å². The number of methoxy groups -OCH3 is 1. The van der Waals surface area contributed by atoms with Crippen molar-refractivity contribution in [2.24, 2.45) is 5.92 Å². The van der Waals surface area contributed by atoms with Crippen molar-refractivity contribution in [1.29, 1.82) is 0 Å². The smallest absolute Gasteiger partial charge is 0.353 e. The molecule has 0 aromatic rings. The summed E-state index contributed by atoms with van der Waals surface area (Å²) in [6.45, 7) is 1.95. The number of allylic oxidation sites excluding steroid dienone is 1. The lowest BCUT2D eigenvalue weighted by atomic mass is 9.84. The number of nitrogens with zero attached hydrogens (tertiary/aromatic N) is 1. The number of esters is 1. The molecule has 0 saturated carbocycles. The van der Waals surface area contributed by atoms with Gasteiger partial charge < -0.3 is 14.7 Å². The molecule has 0 bridgehead atoms. The Labute approximate surface area is 126 Å². The molecular formula is C14H17NO5S. The average Bonchev–Trinajstić information content (AvgIpc) is 2.79. The van der Waals surface area contributed by atoms with Crippen molar-refractivity contribution in [3.63, 3.8) is 0 Å². The van der Waals surface area contributed by atoms with Gasteiger partial charge in [0.05, 0.1) is 19.1 Å². The van der Waals surface area contributed by atoms with Gasteiger partial charge >= 0.3 is 11.9 Å². The van der Waals surface area contributed by atoms with Gasteiger partial charge in [0.2, 0.25) is 5.91 Å². The molecule has 0 aliphatic carbocycles. The Morgan fingerprint density at radius 1 is 1.52 bits per heavy atom. The van der Waals surface area contributed by atoms with Gasteiger partial charge in [-0.1, -0.05) is 13.0 Å². The number of fused-ring (bicyclic) bond motifs is 1. The van der Waals surface area contributed by atoms with Crippen LogP contribution in [0.25, 0.3) is 0 Å². The summed E-state index contributed by atoms with van der Waals surface area (Å²) in [6.07, 6.45) is 3.91. The molecule has 0 spiro atoms. The average molecular weight is 311 g/mol. The molecule has 2 aliphatic heterocycles. The first-order valence-corrected chi connectivity index (χ1v) is 7.66. The van der Waals surface area contributed by atoms with Gasteiger partial charge in [0, 0.05) is 17.4 Å². The normalized spacial score (nSPS) is 24.3. The van der Waals surface area contributed by atoms with E-state index >= 15 is 0 Å². The fraction of sp³-hybridized carbons (Fsp3) is 0.500. The fourth-order valence-corrected chi connectivity index (χ4v) is 3.66. The predicted octanol–water partition coefficient (Wildman–Crippen LogP) is 1.39. The Balaban J connectivity index is 2.06. The molecule has 2 unspecified atom stereocenters. The zero-order valence-electron chi connectivity index (χ0n) is 11.9. The summed E-state index contributed by atoms with van der Waals surface area (Å²) < 4.78 is 4.48. The van der Waals surface area contributed by atoms with Crippen molar-refractivity contribution in [3.05, 3.63) is 22.8 Å². The van der Waals surface area contributed by atoms with E-state index in [-0.39, 0.29) is 23.6 Å². The van der Waals surface area contributed by atoms with Crippen LogP contribution < -0.4 is 0 Å². The second-order valence-corrected chi connectivity index (χ2v) is 6.12. The van der Waals surface area contributed by atoms with Gasteiger partial charge in [-0.2, -0.15) is 0 Å². The van der Waals surface area contributed by atoms with E-state index in [2.05, 4.69) is 4.74 Å². The van der Waals surface area contributed by atoms with Crippen molar-refractivity contribution in [3.8, 4) is 0 Å². The van der Waals surface area contributed by atoms with Gasteiger partial charge in [-0.3, -0.25) is 4.79 Å². The Kier molecular flexibility index (Phi) is 4.72. The first-order valence-electron chi connectivity index (χ1n) is 6.68. The maximum absolute atomic E-state index is 12.1.